The lowest BCUT2D eigenvalue weighted by Crippen LogP contribution is -2.49. The number of hydrogen-bond donors (Lipinski definition) is 2. The Bertz CT molecular complexity index is 1520. The molecule has 3 aliphatic carbocycles. The SMILES string of the molecule is COc1ccc(C2CCC(CN(C(=O)C3CCC(NC(=O)C(C)(C)O)CC3)c3cccc(-c4cnc(C5CC5)s4)c3)CC2)cc1C. The van der Waals surface area contributed by atoms with Gasteiger partial charge in [0.2, 0.25) is 5.91 Å². The number of anilines is 1. The monoisotopic (exact) mass is 643 g/mol. The van der Waals surface area contributed by atoms with Gasteiger partial charge in [-0.1, -0.05) is 24.3 Å². The largest absolute Gasteiger partial charge is 0.496 e. The Labute approximate surface area is 277 Å². The van der Waals surface area contributed by atoms with E-state index in [0.717, 1.165) is 79.8 Å². The van der Waals surface area contributed by atoms with Gasteiger partial charge in [0, 0.05) is 36.3 Å². The van der Waals surface area contributed by atoms with E-state index in [2.05, 4.69) is 59.6 Å². The molecular weight excluding hydrogens is 595 g/mol. The predicted octanol–water partition coefficient (Wildman–Crippen LogP) is 7.76. The van der Waals surface area contributed by atoms with Gasteiger partial charge in [0.15, 0.2) is 0 Å². The lowest BCUT2D eigenvalue weighted by atomic mass is 9.78. The van der Waals surface area contributed by atoms with Gasteiger partial charge < -0.3 is 20.1 Å². The summed E-state index contributed by atoms with van der Waals surface area (Å²) in [7, 11) is 1.72. The minimum absolute atomic E-state index is 0.0105. The van der Waals surface area contributed by atoms with Gasteiger partial charge in [-0.25, -0.2) is 4.98 Å². The van der Waals surface area contributed by atoms with Crippen molar-refractivity contribution in [3.8, 4) is 16.2 Å². The number of methoxy groups -OCH3 is 1. The third-order valence-electron chi connectivity index (χ3n) is 10.3. The number of aromatic nitrogens is 1. The van der Waals surface area contributed by atoms with Crippen LogP contribution >= 0.6 is 11.3 Å². The molecule has 1 aromatic heterocycles. The first-order chi connectivity index (χ1) is 22.1. The average molecular weight is 644 g/mol. The van der Waals surface area contributed by atoms with E-state index in [1.54, 1.807) is 18.4 Å². The summed E-state index contributed by atoms with van der Waals surface area (Å²) >= 11 is 1.78. The van der Waals surface area contributed by atoms with E-state index in [1.165, 1.54) is 42.8 Å². The van der Waals surface area contributed by atoms with E-state index < -0.39 is 5.60 Å². The second kappa shape index (κ2) is 13.9. The van der Waals surface area contributed by atoms with Gasteiger partial charge in [0.25, 0.3) is 5.91 Å². The molecule has 0 unspecified atom stereocenters. The lowest BCUT2D eigenvalue weighted by Gasteiger charge is -2.36. The molecule has 0 bridgehead atoms. The van der Waals surface area contributed by atoms with Crippen molar-refractivity contribution < 1.29 is 19.4 Å². The first-order valence-corrected chi connectivity index (χ1v) is 18.0. The van der Waals surface area contributed by atoms with E-state index in [1.807, 2.05) is 6.20 Å². The third-order valence-corrected chi connectivity index (χ3v) is 11.5. The Balaban J connectivity index is 1.17. The number of amides is 2. The molecule has 2 amide bonds. The maximum Gasteiger partial charge on any atom is 0.251 e. The maximum atomic E-state index is 14.4. The summed E-state index contributed by atoms with van der Waals surface area (Å²) in [6.45, 7) is 5.85. The molecule has 6 rings (SSSR count). The molecule has 7 nitrogen and oxygen atoms in total. The summed E-state index contributed by atoms with van der Waals surface area (Å²) in [5.74, 6) is 2.30. The fraction of sp³-hybridized carbons (Fsp3) is 0.553. The van der Waals surface area contributed by atoms with Gasteiger partial charge >= 0.3 is 0 Å². The molecule has 0 atom stereocenters. The zero-order valence-electron chi connectivity index (χ0n) is 27.8. The molecule has 3 saturated carbocycles. The van der Waals surface area contributed by atoms with Crippen LogP contribution in [0.1, 0.15) is 106 Å². The van der Waals surface area contributed by atoms with E-state index >= 15 is 0 Å². The van der Waals surface area contributed by atoms with E-state index in [0.29, 0.717) is 17.8 Å². The topological polar surface area (TPSA) is 91.8 Å². The van der Waals surface area contributed by atoms with Gasteiger partial charge in [-0.2, -0.15) is 0 Å². The number of aliphatic hydroxyl groups is 1. The van der Waals surface area contributed by atoms with Crippen molar-refractivity contribution in [2.24, 2.45) is 11.8 Å². The van der Waals surface area contributed by atoms with Crippen molar-refractivity contribution in [1.82, 2.24) is 10.3 Å². The molecule has 3 aromatic rings. The predicted molar refractivity (Wildman–Crippen MR) is 184 cm³/mol. The molecule has 3 fully saturated rings. The van der Waals surface area contributed by atoms with Crippen LogP contribution in [0.15, 0.2) is 48.7 Å². The molecule has 1 heterocycles. The zero-order chi connectivity index (χ0) is 32.4. The van der Waals surface area contributed by atoms with Crippen molar-refractivity contribution in [3.05, 3.63) is 64.8 Å². The summed E-state index contributed by atoms with van der Waals surface area (Å²) in [6, 6.07) is 15.1. The van der Waals surface area contributed by atoms with Crippen LogP contribution in [0.3, 0.4) is 0 Å². The molecule has 46 heavy (non-hydrogen) atoms. The summed E-state index contributed by atoms with van der Waals surface area (Å²) in [6.07, 6.45) is 11.8. The van der Waals surface area contributed by atoms with Crippen LogP contribution in [0, 0.1) is 18.8 Å². The highest BCUT2D eigenvalue weighted by Crippen LogP contribution is 2.44. The fourth-order valence-electron chi connectivity index (χ4n) is 7.25. The normalized spacial score (nSPS) is 23.5. The summed E-state index contributed by atoms with van der Waals surface area (Å²) in [5.41, 5.74) is 3.25. The smallest absolute Gasteiger partial charge is 0.251 e. The lowest BCUT2D eigenvalue weighted by molar-refractivity contribution is -0.137. The molecule has 2 aromatic carbocycles. The number of carbonyl (C=O) groups is 2. The number of nitrogens with zero attached hydrogens (tertiary/aromatic N) is 2. The first kappa shape index (κ1) is 32.7. The second-order valence-electron chi connectivity index (χ2n) is 14.4. The quantitative estimate of drug-likeness (QED) is 0.236. The van der Waals surface area contributed by atoms with Crippen molar-refractivity contribution >= 4 is 28.8 Å². The zero-order valence-corrected chi connectivity index (χ0v) is 28.6. The molecule has 0 spiro atoms. The summed E-state index contributed by atoms with van der Waals surface area (Å²) < 4.78 is 5.48. The Kier molecular flexibility index (Phi) is 9.85. The number of thiazole rings is 1. The molecule has 0 saturated heterocycles. The minimum Gasteiger partial charge on any atom is -0.496 e. The van der Waals surface area contributed by atoms with Gasteiger partial charge in [-0.15, -0.1) is 11.3 Å². The van der Waals surface area contributed by atoms with E-state index in [-0.39, 0.29) is 23.8 Å². The Morgan fingerprint density at radius 2 is 1.70 bits per heavy atom. The Morgan fingerprint density at radius 1 is 0.978 bits per heavy atom. The van der Waals surface area contributed by atoms with Crippen molar-refractivity contribution in [2.45, 2.75) is 108 Å². The van der Waals surface area contributed by atoms with Crippen molar-refractivity contribution in [2.75, 3.05) is 18.6 Å². The summed E-state index contributed by atoms with van der Waals surface area (Å²) in [5, 5.41) is 14.3. The van der Waals surface area contributed by atoms with Crippen LogP contribution in [0.4, 0.5) is 5.69 Å². The van der Waals surface area contributed by atoms with Crippen LogP contribution in [-0.2, 0) is 9.59 Å². The van der Waals surface area contributed by atoms with Gasteiger partial charge in [-0.3, -0.25) is 9.59 Å². The molecule has 2 N–H and O–H groups in total. The molecule has 0 radical (unpaired) electrons. The molecule has 0 aliphatic heterocycles. The fourth-order valence-corrected chi connectivity index (χ4v) is 8.33. The van der Waals surface area contributed by atoms with Gasteiger partial charge in [0.05, 0.1) is 17.0 Å². The molecule has 3 aliphatic rings. The highest BCUT2D eigenvalue weighted by molar-refractivity contribution is 7.15. The number of benzene rings is 2. The van der Waals surface area contributed by atoms with Gasteiger partial charge in [-0.05, 0) is 132 Å². The first-order valence-electron chi connectivity index (χ1n) is 17.1. The number of hydrogen-bond acceptors (Lipinski definition) is 6. The number of ether oxygens (including phenoxy) is 1. The Hall–Kier alpha value is -3.23. The second-order valence-corrected chi connectivity index (χ2v) is 15.4. The number of rotatable bonds is 10. The highest BCUT2D eigenvalue weighted by atomic mass is 32.1. The van der Waals surface area contributed by atoms with Crippen LogP contribution in [-0.4, -0.2) is 47.2 Å². The molecular formula is C38H49N3O4S. The third kappa shape index (κ3) is 7.66. The number of carbonyl (C=O) groups excluding carboxylic acids is 2. The van der Waals surface area contributed by atoms with E-state index in [4.69, 9.17) is 9.72 Å². The van der Waals surface area contributed by atoms with Crippen LogP contribution < -0.4 is 15.0 Å². The Morgan fingerprint density at radius 3 is 2.35 bits per heavy atom. The summed E-state index contributed by atoms with van der Waals surface area (Å²) in [4.78, 5) is 34.7. The van der Waals surface area contributed by atoms with Gasteiger partial charge in [0.1, 0.15) is 11.4 Å². The standard InChI is InChI=1S/C38H49N3O4S/c1-24-20-29(16-19-33(24)45-4)26-10-8-25(9-11-26)23-41(36(42)28-14-17-31(18-15-28)40-37(43)38(2,3)44)32-7-5-6-30(21-32)34-22-39-35(46-34)27-12-13-27/h5-7,16,19-22,25-28,31,44H,8-15,17-18,23H2,1-4H3,(H,40,43). The van der Waals surface area contributed by atoms with E-state index in [9.17, 15) is 14.7 Å². The van der Waals surface area contributed by atoms with Crippen LogP contribution in [0.2, 0.25) is 0 Å². The molecule has 8 heteroatoms. The number of nitrogens with one attached hydrogen (secondary N) is 1. The van der Waals surface area contributed by atoms with Crippen molar-refractivity contribution in [3.63, 3.8) is 0 Å². The maximum absolute atomic E-state index is 14.4. The number of aryl methyl sites for hydroxylation is 1. The molecule has 246 valence electrons. The van der Waals surface area contributed by atoms with Crippen molar-refractivity contribution in [1.29, 1.82) is 0 Å². The highest BCUT2D eigenvalue weighted by Gasteiger charge is 2.35. The minimum atomic E-state index is -1.41. The average Bonchev–Trinajstić information content (AvgIpc) is 3.79. The van der Waals surface area contributed by atoms with Crippen LogP contribution in [0.5, 0.6) is 5.75 Å². The van der Waals surface area contributed by atoms with Crippen LogP contribution in [0.25, 0.3) is 10.4 Å².